The van der Waals surface area contributed by atoms with Crippen LogP contribution in [0.25, 0.3) is 11.0 Å². The number of sulfone groups is 1. The molecule has 3 rings (SSSR count). The number of benzene rings is 1. The van der Waals surface area contributed by atoms with E-state index in [-0.39, 0.29) is 29.2 Å². The quantitative estimate of drug-likeness (QED) is 0.613. The van der Waals surface area contributed by atoms with Crippen LogP contribution in [-0.4, -0.2) is 63.0 Å². The third-order valence-corrected chi connectivity index (χ3v) is 6.94. The van der Waals surface area contributed by atoms with E-state index in [0.717, 1.165) is 5.39 Å². The summed E-state index contributed by atoms with van der Waals surface area (Å²) in [7, 11) is -1.59. The number of hydrogen-bond acceptors (Lipinski definition) is 7. The van der Waals surface area contributed by atoms with Crippen molar-refractivity contribution in [1.82, 2.24) is 4.90 Å². The number of esters is 1. The molecule has 30 heavy (non-hydrogen) atoms. The largest absolute Gasteiger partial charge is 0.497 e. The van der Waals surface area contributed by atoms with Crippen LogP contribution >= 0.6 is 0 Å². The summed E-state index contributed by atoms with van der Waals surface area (Å²) in [6, 6.07) is 4.81. The van der Waals surface area contributed by atoms with Gasteiger partial charge in [-0.1, -0.05) is 13.8 Å². The first kappa shape index (κ1) is 22.1. The van der Waals surface area contributed by atoms with E-state index in [4.69, 9.17) is 13.9 Å². The minimum absolute atomic E-state index is 0.0323. The van der Waals surface area contributed by atoms with Crippen molar-refractivity contribution >= 4 is 32.7 Å². The van der Waals surface area contributed by atoms with Crippen molar-refractivity contribution in [2.75, 3.05) is 31.8 Å². The van der Waals surface area contributed by atoms with Gasteiger partial charge in [0, 0.05) is 23.5 Å². The average Bonchev–Trinajstić information content (AvgIpc) is 3.22. The van der Waals surface area contributed by atoms with Gasteiger partial charge in [-0.25, -0.2) is 13.2 Å². The lowest BCUT2D eigenvalue weighted by atomic mass is 10.1. The van der Waals surface area contributed by atoms with E-state index >= 15 is 0 Å². The molecule has 0 N–H and O–H groups in total. The molecule has 1 aliphatic heterocycles. The van der Waals surface area contributed by atoms with Crippen LogP contribution in [0.1, 0.15) is 36.4 Å². The molecule has 1 fully saturated rings. The molecule has 0 spiro atoms. The summed E-state index contributed by atoms with van der Waals surface area (Å²) in [5.41, 5.74) is 1.12. The Hall–Kier alpha value is -2.55. The maximum absolute atomic E-state index is 12.8. The highest BCUT2D eigenvalue weighted by atomic mass is 32.2. The first-order chi connectivity index (χ1) is 14.1. The standard InChI is InChI=1S/C21H27NO7S/c1-13(2)10-22(15-7-8-30(25,26)12-15)19(23)11-28-21(24)20-14(3)17-9-16(27-4)5-6-18(17)29-20/h5-6,9,13,15H,7-8,10-12H2,1-4H3/t15-/m0/s1. The highest BCUT2D eigenvalue weighted by Crippen LogP contribution is 2.29. The second-order valence-electron chi connectivity index (χ2n) is 7.99. The number of methoxy groups -OCH3 is 1. The number of aryl methyl sites for hydroxylation is 1. The summed E-state index contributed by atoms with van der Waals surface area (Å²) >= 11 is 0. The van der Waals surface area contributed by atoms with Crippen molar-refractivity contribution in [2.24, 2.45) is 5.92 Å². The van der Waals surface area contributed by atoms with Crippen molar-refractivity contribution in [3.63, 3.8) is 0 Å². The molecular formula is C21H27NO7S. The number of fused-ring (bicyclic) bond motifs is 1. The normalized spacial score (nSPS) is 18.0. The van der Waals surface area contributed by atoms with Gasteiger partial charge in [0.15, 0.2) is 16.4 Å². The summed E-state index contributed by atoms with van der Waals surface area (Å²) in [5.74, 6) is -0.304. The summed E-state index contributed by atoms with van der Waals surface area (Å²) in [6.45, 7) is 5.56. The van der Waals surface area contributed by atoms with Crippen molar-refractivity contribution in [3.05, 3.63) is 29.5 Å². The van der Waals surface area contributed by atoms with Crippen LogP contribution in [0.5, 0.6) is 5.75 Å². The van der Waals surface area contributed by atoms with Gasteiger partial charge >= 0.3 is 5.97 Å². The fourth-order valence-corrected chi connectivity index (χ4v) is 5.40. The fraction of sp³-hybridized carbons (Fsp3) is 0.524. The summed E-state index contributed by atoms with van der Waals surface area (Å²) in [6.07, 6.45) is 0.402. The van der Waals surface area contributed by atoms with Gasteiger partial charge in [-0.15, -0.1) is 0 Å². The number of hydrogen-bond donors (Lipinski definition) is 0. The lowest BCUT2D eigenvalue weighted by Crippen LogP contribution is -2.45. The molecule has 1 saturated heterocycles. The molecule has 2 heterocycles. The molecule has 1 amide bonds. The van der Waals surface area contributed by atoms with Gasteiger partial charge in [-0.3, -0.25) is 4.79 Å². The Balaban J connectivity index is 1.71. The van der Waals surface area contributed by atoms with Crippen molar-refractivity contribution < 1.29 is 31.9 Å². The summed E-state index contributed by atoms with van der Waals surface area (Å²) in [5, 5.41) is 0.727. The number of ether oxygens (including phenoxy) is 2. The molecule has 0 saturated carbocycles. The number of carbonyl (C=O) groups is 2. The predicted molar refractivity (Wildman–Crippen MR) is 111 cm³/mol. The van der Waals surface area contributed by atoms with E-state index in [9.17, 15) is 18.0 Å². The SMILES string of the molecule is COc1ccc2oc(C(=O)OCC(=O)N(CC(C)C)[C@H]3CCS(=O)(=O)C3)c(C)c2c1. The smallest absolute Gasteiger partial charge is 0.375 e. The molecule has 1 aromatic carbocycles. The summed E-state index contributed by atoms with van der Waals surface area (Å²) in [4.78, 5) is 26.8. The van der Waals surface area contributed by atoms with E-state index in [1.807, 2.05) is 13.8 Å². The predicted octanol–water partition coefficient (Wildman–Crippen LogP) is 2.58. The molecule has 8 nitrogen and oxygen atoms in total. The highest BCUT2D eigenvalue weighted by Gasteiger charge is 2.35. The lowest BCUT2D eigenvalue weighted by molar-refractivity contribution is -0.137. The molecular weight excluding hydrogens is 410 g/mol. The Labute approximate surface area is 176 Å². The van der Waals surface area contributed by atoms with E-state index in [1.54, 1.807) is 32.2 Å². The van der Waals surface area contributed by atoms with Crippen molar-refractivity contribution in [3.8, 4) is 5.75 Å². The minimum atomic E-state index is -3.14. The van der Waals surface area contributed by atoms with Gasteiger partial charge in [0.05, 0.1) is 18.6 Å². The molecule has 0 bridgehead atoms. The lowest BCUT2D eigenvalue weighted by Gasteiger charge is -2.29. The number of rotatable bonds is 7. The van der Waals surface area contributed by atoms with Crippen molar-refractivity contribution in [1.29, 1.82) is 0 Å². The van der Waals surface area contributed by atoms with E-state index in [2.05, 4.69) is 0 Å². The van der Waals surface area contributed by atoms with Crippen LogP contribution in [0, 0.1) is 12.8 Å². The summed E-state index contributed by atoms with van der Waals surface area (Å²) < 4.78 is 39.7. The molecule has 0 radical (unpaired) electrons. The monoisotopic (exact) mass is 437 g/mol. The van der Waals surface area contributed by atoms with Gasteiger partial charge in [-0.2, -0.15) is 0 Å². The molecule has 9 heteroatoms. The Bertz CT molecular complexity index is 1050. The molecule has 2 aromatic rings. The third kappa shape index (κ3) is 4.77. The average molecular weight is 438 g/mol. The van der Waals surface area contributed by atoms with Gasteiger partial charge < -0.3 is 18.8 Å². The second-order valence-corrected chi connectivity index (χ2v) is 10.2. The highest BCUT2D eigenvalue weighted by molar-refractivity contribution is 7.91. The van der Waals surface area contributed by atoms with Gasteiger partial charge in [0.1, 0.15) is 11.3 Å². The van der Waals surface area contributed by atoms with Crippen LogP contribution in [0.3, 0.4) is 0 Å². The second kappa shape index (κ2) is 8.67. The van der Waals surface area contributed by atoms with Gasteiger partial charge in [0.2, 0.25) is 5.76 Å². The Kier molecular flexibility index (Phi) is 6.40. The molecule has 1 aromatic heterocycles. The maximum Gasteiger partial charge on any atom is 0.375 e. The topological polar surface area (TPSA) is 103 Å². The van der Waals surface area contributed by atoms with Crippen LogP contribution in [0.15, 0.2) is 22.6 Å². The third-order valence-electron chi connectivity index (χ3n) is 5.19. The van der Waals surface area contributed by atoms with E-state index < -0.39 is 28.3 Å². The zero-order valence-corrected chi connectivity index (χ0v) is 18.5. The van der Waals surface area contributed by atoms with Gasteiger partial charge in [0.25, 0.3) is 5.91 Å². The van der Waals surface area contributed by atoms with Crippen molar-refractivity contribution in [2.45, 2.75) is 33.2 Å². The Morgan fingerprint density at radius 1 is 1.30 bits per heavy atom. The zero-order valence-electron chi connectivity index (χ0n) is 17.6. The molecule has 1 aliphatic rings. The van der Waals surface area contributed by atoms with E-state index in [1.165, 1.54) is 4.90 Å². The number of furan rings is 1. The molecule has 164 valence electrons. The number of amides is 1. The number of nitrogens with zero attached hydrogens (tertiary/aromatic N) is 1. The minimum Gasteiger partial charge on any atom is -0.497 e. The fourth-order valence-electron chi connectivity index (χ4n) is 3.67. The number of carbonyl (C=O) groups excluding carboxylic acids is 2. The first-order valence-electron chi connectivity index (χ1n) is 9.85. The molecule has 0 unspecified atom stereocenters. The Morgan fingerprint density at radius 3 is 2.63 bits per heavy atom. The zero-order chi connectivity index (χ0) is 22.1. The molecule has 0 aliphatic carbocycles. The van der Waals surface area contributed by atoms with E-state index in [0.29, 0.717) is 29.9 Å². The molecule has 1 atom stereocenters. The van der Waals surface area contributed by atoms with Crippen LogP contribution in [0.2, 0.25) is 0 Å². The van der Waals surface area contributed by atoms with Gasteiger partial charge in [-0.05, 0) is 37.5 Å². The maximum atomic E-state index is 12.8. The van der Waals surface area contributed by atoms with Crippen LogP contribution < -0.4 is 4.74 Å². The first-order valence-corrected chi connectivity index (χ1v) is 11.7. The van der Waals surface area contributed by atoms with Crippen LogP contribution in [0.4, 0.5) is 0 Å². The van der Waals surface area contributed by atoms with Crippen LogP contribution in [-0.2, 0) is 19.4 Å². The Morgan fingerprint density at radius 2 is 2.03 bits per heavy atom.